The van der Waals surface area contributed by atoms with E-state index >= 15 is 0 Å². The highest BCUT2D eigenvalue weighted by Gasteiger charge is 2.34. The standard InChI is InChI=1S/C11H11ClF3N3S2/c1-2-7(16-3-6-4-17-10(12)20-6)9-18-8(5-19-9)11(13,14)15/h4-5,7,16H,2-3H2,1H3. The van der Waals surface area contributed by atoms with Crippen LogP contribution in [0.3, 0.4) is 0 Å². The molecule has 1 N–H and O–H groups in total. The van der Waals surface area contributed by atoms with Crippen LogP contribution in [0.15, 0.2) is 11.6 Å². The summed E-state index contributed by atoms with van der Waals surface area (Å²) < 4.78 is 38.0. The lowest BCUT2D eigenvalue weighted by atomic mass is 10.2. The molecule has 0 aliphatic rings. The van der Waals surface area contributed by atoms with Gasteiger partial charge in [0, 0.05) is 23.0 Å². The van der Waals surface area contributed by atoms with Gasteiger partial charge in [0.25, 0.3) is 0 Å². The van der Waals surface area contributed by atoms with Gasteiger partial charge >= 0.3 is 6.18 Å². The van der Waals surface area contributed by atoms with Crippen molar-refractivity contribution in [1.29, 1.82) is 0 Å². The molecule has 2 aromatic heterocycles. The van der Waals surface area contributed by atoms with Crippen molar-refractivity contribution < 1.29 is 13.2 Å². The van der Waals surface area contributed by atoms with Crippen LogP contribution in [0.4, 0.5) is 13.2 Å². The Morgan fingerprint density at radius 3 is 2.70 bits per heavy atom. The normalized spacial score (nSPS) is 13.7. The highest BCUT2D eigenvalue weighted by molar-refractivity contribution is 7.15. The van der Waals surface area contributed by atoms with Crippen LogP contribution in [0.2, 0.25) is 4.47 Å². The van der Waals surface area contributed by atoms with Crippen molar-refractivity contribution in [3.8, 4) is 0 Å². The van der Waals surface area contributed by atoms with E-state index in [1.165, 1.54) is 11.3 Å². The molecule has 0 aliphatic carbocycles. The predicted molar refractivity (Wildman–Crippen MR) is 74.1 cm³/mol. The zero-order valence-electron chi connectivity index (χ0n) is 10.4. The van der Waals surface area contributed by atoms with Gasteiger partial charge in [-0.15, -0.1) is 22.7 Å². The van der Waals surface area contributed by atoms with Crippen LogP contribution < -0.4 is 5.32 Å². The van der Waals surface area contributed by atoms with E-state index in [0.29, 0.717) is 22.4 Å². The highest BCUT2D eigenvalue weighted by Crippen LogP contribution is 2.32. The van der Waals surface area contributed by atoms with Crippen LogP contribution in [-0.2, 0) is 12.7 Å². The average molecular weight is 342 g/mol. The molecule has 0 bridgehead atoms. The number of aromatic nitrogens is 2. The summed E-state index contributed by atoms with van der Waals surface area (Å²) in [6.07, 6.45) is -2.09. The van der Waals surface area contributed by atoms with E-state index in [9.17, 15) is 13.2 Å². The number of nitrogens with zero attached hydrogens (tertiary/aromatic N) is 2. The molecule has 0 fully saturated rings. The fourth-order valence-corrected chi connectivity index (χ4v) is 3.49. The topological polar surface area (TPSA) is 37.8 Å². The summed E-state index contributed by atoms with van der Waals surface area (Å²) >= 11 is 8.08. The number of hydrogen-bond acceptors (Lipinski definition) is 5. The lowest BCUT2D eigenvalue weighted by Gasteiger charge is -2.13. The summed E-state index contributed by atoms with van der Waals surface area (Å²) in [6.45, 7) is 2.40. The molecule has 110 valence electrons. The Labute approximate surface area is 126 Å². The van der Waals surface area contributed by atoms with Gasteiger partial charge in [0.1, 0.15) is 5.01 Å². The Bertz CT molecular complexity index is 567. The maximum Gasteiger partial charge on any atom is 0.434 e. The maximum atomic E-state index is 12.5. The number of rotatable bonds is 5. The first-order valence-corrected chi connectivity index (χ1v) is 7.83. The molecule has 0 spiro atoms. The zero-order valence-corrected chi connectivity index (χ0v) is 12.8. The maximum absolute atomic E-state index is 12.5. The van der Waals surface area contributed by atoms with Crippen molar-refractivity contribution in [2.24, 2.45) is 0 Å². The highest BCUT2D eigenvalue weighted by atomic mass is 35.5. The third kappa shape index (κ3) is 3.91. The van der Waals surface area contributed by atoms with Gasteiger partial charge < -0.3 is 5.32 Å². The van der Waals surface area contributed by atoms with Crippen molar-refractivity contribution in [2.45, 2.75) is 32.1 Å². The van der Waals surface area contributed by atoms with Gasteiger partial charge in [0.15, 0.2) is 10.2 Å². The molecule has 1 unspecified atom stereocenters. The lowest BCUT2D eigenvalue weighted by Crippen LogP contribution is -2.20. The van der Waals surface area contributed by atoms with Crippen molar-refractivity contribution in [1.82, 2.24) is 15.3 Å². The average Bonchev–Trinajstić information content (AvgIpc) is 2.99. The van der Waals surface area contributed by atoms with E-state index in [-0.39, 0.29) is 6.04 Å². The number of nitrogens with one attached hydrogen (secondary N) is 1. The summed E-state index contributed by atoms with van der Waals surface area (Å²) in [4.78, 5) is 8.51. The van der Waals surface area contributed by atoms with Crippen LogP contribution in [0.25, 0.3) is 0 Å². The van der Waals surface area contributed by atoms with E-state index in [1.807, 2.05) is 6.92 Å². The van der Waals surface area contributed by atoms with Crippen LogP contribution in [0, 0.1) is 0 Å². The van der Waals surface area contributed by atoms with E-state index < -0.39 is 11.9 Å². The van der Waals surface area contributed by atoms with Crippen molar-refractivity contribution in [3.63, 3.8) is 0 Å². The second-order valence-corrected chi connectivity index (χ2v) is 6.58. The molecule has 2 aromatic rings. The molecule has 2 rings (SSSR count). The quantitative estimate of drug-likeness (QED) is 0.869. The van der Waals surface area contributed by atoms with Crippen LogP contribution in [-0.4, -0.2) is 9.97 Å². The van der Waals surface area contributed by atoms with E-state index in [4.69, 9.17) is 11.6 Å². The third-order valence-corrected chi connectivity index (χ3v) is 4.64. The minimum Gasteiger partial charge on any atom is -0.303 e. The van der Waals surface area contributed by atoms with Crippen LogP contribution in [0.1, 0.15) is 35.0 Å². The summed E-state index contributed by atoms with van der Waals surface area (Å²) in [7, 11) is 0. The summed E-state index contributed by atoms with van der Waals surface area (Å²) in [5, 5.41) is 4.66. The summed E-state index contributed by atoms with van der Waals surface area (Å²) in [5.74, 6) is 0. The van der Waals surface area contributed by atoms with E-state index in [1.54, 1.807) is 6.20 Å². The fraction of sp³-hybridized carbons (Fsp3) is 0.455. The molecule has 0 aliphatic heterocycles. The Morgan fingerprint density at radius 2 is 2.20 bits per heavy atom. The van der Waals surface area contributed by atoms with Gasteiger partial charge in [-0.1, -0.05) is 18.5 Å². The van der Waals surface area contributed by atoms with E-state index in [2.05, 4.69) is 15.3 Å². The van der Waals surface area contributed by atoms with Gasteiger partial charge in [0.05, 0.1) is 6.04 Å². The first kappa shape index (κ1) is 15.7. The first-order valence-electron chi connectivity index (χ1n) is 5.76. The van der Waals surface area contributed by atoms with Crippen molar-refractivity contribution in [3.05, 3.63) is 31.6 Å². The third-order valence-electron chi connectivity index (χ3n) is 2.57. The van der Waals surface area contributed by atoms with Crippen molar-refractivity contribution in [2.75, 3.05) is 0 Å². The molecule has 3 nitrogen and oxygen atoms in total. The Balaban J connectivity index is 2.03. The molecule has 20 heavy (non-hydrogen) atoms. The second-order valence-electron chi connectivity index (χ2n) is 3.99. The number of hydrogen-bond donors (Lipinski definition) is 1. The largest absolute Gasteiger partial charge is 0.434 e. The molecular weight excluding hydrogens is 331 g/mol. The fourth-order valence-electron chi connectivity index (χ4n) is 1.57. The van der Waals surface area contributed by atoms with Gasteiger partial charge in [-0.3, -0.25) is 0 Å². The van der Waals surface area contributed by atoms with Gasteiger partial charge in [-0.25, -0.2) is 9.97 Å². The van der Waals surface area contributed by atoms with Gasteiger partial charge in [-0.05, 0) is 6.42 Å². The van der Waals surface area contributed by atoms with Crippen molar-refractivity contribution >= 4 is 34.3 Å². The SMILES string of the molecule is CCC(NCc1cnc(Cl)s1)c1nc(C(F)(F)F)cs1. The minimum absolute atomic E-state index is 0.211. The smallest absolute Gasteiger partial charge is 0.303 e. The molecule has 0 saturated heterocycles. The Kier molecular flexibility index (Phi) is 5.00. The zero-order chi connectivity index (χ0) is 14.8. The molecule has 0 radical (unpaired) electrons. The molecule has 2 heterocycles. The van der Waals surface area contributed by atoms with Crippen LogP contribution >= 0.6 is 34.3 Å². The number of thiazole rings is 2. The Hall–Kier alpha value is -0.700. The Morgan fingerprint density at radius 1 is 1.45 bits per heavy atom. The van der Waals surface area contributed by atoms with E-state index in [0.717, 1.165) is 21.6 Å². The van der Waals surface area contributed by atoms with Gasteiger partial charge in [0.2, 0.25) is 0 Å². The molecule has 0 aromatic carbocycles. The molecule has 0 saturated carbocycles. The van der Waals surface area contributed by atoms with Gasteiger partial charge in [-0.2, -0.15) is 13.2 Å². The summed E-state index contributed by atoms with van der Waals surface area (Å²) in [5.41, 5.74) is -0.835. The lowest BCUT2D eigenvalue weighted by molar-refractivity contribution is -0.140. The minimum atomic E-state index is -4.39. The monoisotopic (exact) mass is 341 g/mol. The first-order chi connectivity index (χ1) is 9.40. The molecule has 9 heteroatoms. The predicted octanol–water partition coefficient (Wildman–Crippen LogP) is 4.51. The van der Waals surface area contributed by atoms with Crippen LogP contribution in [0.5, 0.6) is 0 Å². The molecular formula is C11H11ClF3N3S2. The summed E-state index contributed by atoms with van der Waals surface area (Å²) in [6, 6.07) is -0.211. The molecule has 0 amide bonds. The molecule has 1 atom stereocenters. The number of alkyl halides is 3. The number of halogens is 4. The second kappa shape index (κ2) is 6.38.